The van der Waals surface area contributed by atoms with Crippen molar-refractivity contribution < 1.29 is 14.3 Å². The molecule has 2 atom stereocenters. The van der Waals surface area contributed by atoms with Gasteiger partial charge in [-0.1, -0.05) is 5.92 Å². The molecular weight excluding hydrogens is 125 g/mol. The summed E-state index contributed by atoms with van der Waals surface area (Å²) in [6.07, 6.45) is 2.64. The molecular formula is C5H6FNO2. The van der Waals surface area contributed by atoms with E-state index in [-0.39, 0.29) is 0 Å². The van der Waals surface area contributed by atoms with Gasteiger partial charge >= 0.3 is 5.97 Å². The Hall–Kier alpha value is -1.08. The van der Waals surface area contributed by atoms with Gasteiger partial charge in [0.25, 0.3) is 0 Å². The number of alkyl halides is 1. The van der Waals surface area contributed by atoms with Crippen molar-refractivity contribution in [1.82, 2.24) is 0 Å². The zero-order chi connectivity index (χ0) is 7.44. The lowest BCUT2D eigenvalue weighted by Crippen LogP contribution is -2.38. The van der Waals surface area contributed by atoms with E-state index in [1.54, 1.807) is 5.92 Å². The number of halogens is 1. The molecule has 0 aromatic carbocycles. The highest BCUT2D eigenvalue weighted by atomic mass is 19.1. The van der Waals surface area contributed by atoms with E-state index in [2.05, 4.69) is 6.42 Å². The largest absolute Gasteiger partial charge is 0.480 e. The number of hydrogen-bond acceptors (Lipinski definition) is 2. The molecule has 0 bridgehead atoms. The van der Waals surface area contributed by atoms with Gasteiger partial charge in [-0.3, -0.25) is 4.79 Å². The summed E-state index contributed by atoms with van der Waals surface area (Å²) < 4.78 is 12.0. The van der Waals surface area contributed by atoms with Crippen molar-refractivity contribution in [2.24, 2.45) is 5.73 Å². The second-order valence-corrected chi connectivity index (χ2v) is 1.43. The molecule has 9 heavy (non-hydrogen) atoms. The Bertz CT molecular complexity index is 152. The highest BCUT2D eigenvalue weighted by Gasteiger charge is 2.20. The smallest absolute Gasteiger partial charge is 0.324 e. The van der Waals surface area contributed by atoms with Crippen LogP contribution in [-0.2, 0) is 4.79 Å². The molecule has 0 aliphatic heterocycles. The van der Waals surface area contributed by atoms with Gasteiger partial charge in [0, 0.05) is 0 Å². The predicted octanol–water partition coefficient (Wildman–Crippen LogP) is -0.630. The topological polar surface area (TPSA) is 63.3 Å². The van der Waals surface area contributed by atoms with Crippen LogP contribution in [0.1, 0.15) is 0 Å². The Kier molecular flexibility index (Phi) is 2.68. The first-order valence-electron chi connectivity index (χ1n) is 2.18. The second kappa shape index (κ2) is 3.05. The maximum atomic E-state index is 12.0. The molecule has 0 rings (SSSR count). The summed E-state index contributed by atoms with van der Waals surface area (Å²) in [6, 6.07) is -1.60. The first kappa shape index (κ1) is 7.92. The van der Waals surface area contributed by atoms with Crippen molar-refractivity contribution in [3.05, 3.63) is 0 Å². The van der Waals surface area contributed by atoms with Crippen molar-refractivity contribution in [3.8, 4) is 12.3 Å². The number of carbonyl (C=O) groups is 1. The van der Waals surface area contributed by atoms with Gasteiger partial charge < -0.3 is 10.8 Å². The fourth-order valence-corrected chi connectivity index (χ4v) is 0.229. The third-order valence-electron chi connectivity index (χ3n) is 0.760. The van der Waals surface area contributed by atoms with Gasteiger partial charge in [0.05, 0.1) is 0 Å². The van der Waals surface area contributed by atoms with E-state index in [9.17, 15) is 9.18 Å². The molecule has 4 heteroatoms. The van der Waals surface area contributed by atoms with Gasteiger partial charge in [-0.05, 0) is 0 Å². The zero-order valence-electron chi connectivity index (χ0n) is 4.54. The number of nitrogens with two attached hydrogens (primary N) is 1. The van der Waals surface area contributed by atoms with E-state index < -0.39 is 18.2 Å². The normalized spacial score (nSPS) is 15.7. The molecule has 0 fully saturated rings. The number of carboxylic acids is 1. The summed E-state index contributed by atoms with van der Waals surface area (Å²) in [4.78, 5) is 9.84. The highest BCUT2D eigenvalue weighted by molar-refractivity contribution is 5.74. The van der Waals surface area contributed by atoms with E-state index in [0.717, 1.165) is 0 Å². The van der Waals surface area contributed by atoms with Crippen molar-refractivity contribution in [3.63, 3.8) is 0 Å². The van der Waals surface area contributed by atoms with E-state index in [0.29, 0.717) is 0 Å². The molecule has 0 heterocycles. The van der Waals surface area contributed by atoms with Crippen LogP contribution in [0.4, 0.5) is 4.39 Å². The van der Waals surface area contributed by atoms with E-state index in [1.165, 1.54) is 0 Å². The third-order valence-corrected chi connectivity index (χ3v) is 0.760. The molecule has 0 saturated heterocycles. The summed E-state index contributed by atoms with van der Waals surface area (Å²) in [7, 11) is 0. The molecule has 0 unspecified atom stereocenters. The molecule has 3 nitrogen and oxygen atoms in total. The minimum absolute atomic E-state index is 1.43. The van der Waals surface area contributed by atoms with Crippen LogP contribution < -0.4 is 5.73 Å². The van der Waals surface area contributed by atoms with Crippen LogP contribution >= 0.6 is 0 Å². The average molecular weight is 131 g/mol. The van der Waals surface area contributed by atoms with Crippen LogP contribution in [0.3, 0.4) is 0 Å². The van der Waals surface area contributed by atoms with Crippen molar-refractivity contribution in [2.45, 2.75) is 12.2 Å². The molecule has 0 aromatic rings. The minimum atomic E-state index is -1.90. The predicted molar refractivity (Wildman–Crippen MR) is 29.3 cm³/mol. The zero-order valence-corrected chi connectivity index (χ0v) is 4.54. The average Bonchev–Trinajstić information content (AvgIpc) is 1.84. The first-order valence-corrected chi connectivity index (χ1v) is 2.18. The van der Waals surface area contributed by atoms with Crippen LogP contribution in [0, 0.1) is 12.3 Å². The van der Waals surface area contributed by atoms with Gasteiger partial charge in [-0.15, -0.1) is 6.42 Å². The van der Waals surface area contributed by atoms with Crippen molar-refractivity contribution in [2.75, 3.05) is 0 Å². The van der Waals surface area contributed by atoms with Gasteiger partial charge in [0.15, 0.2) is 6.17 Å². The van der Waals surface area contributed by atoms with Crippen LogP contribution in [0.2, 0.25) is 0 Å². The molecule has 3 N–H and O–H groups in total. The number of terminal acetylenes is 1. The molecule has 0 spiro atoms. The monoisotopic (exact) mass is 131 g/mol. The molecule has 0 aliphatic rings. The fourth-order valence-electron chi connectivity index (χ4n) is 0.229. The van der Waals surface area contributed by atoms with Crippen LogP contribution in [0.5, 0.6) is 0 Å². The van der Waals surface area contributed by atoms with E-state index in [1.807, 2.05) is 0 Å². The summed E-state index contributed by atoms with van der Waals surface area (Å²) in [5.41, 5.74) is 4.75. The van der Waals surface area contributed by atoms with E-state index in [4.69, 9.17) is 10.8 Å². The van der Waals surface area contributed by atoms with Crippen LogP contribution in [0.25, 0.3) is 0 Å². The lowest BCUT2D eigenvalue weighted by atomic mass is 10.2. The van der Waals surface area contributed by atoms with Crippen molar-refractivity contribution >= 4 is 5.97 Å². The second-order valence-electron chi connectivity index (χ2n) is 1.43. The third kappa shape index (κ3) is 2.11. The van der Waals surface area contributed by atoms with Gasteiger partial charge in [0.1, 0.15) is 6.04 Å². The maximum Gasteiger partial charge on any atom is 0.324 e. The Balaban J connectivity index is 3.91. The van der Waals surface area contributed by atoms with Crippen LogP contribution in [-0.4, -0.2) is 23.3 Å². The van der Waals surface area contributed by atoms with Gasteiger partial charge in [-0.25, -0.2) is 4.39 Å². The summed E-state index contributed by atoms with van der Waals surface area (Å²) >= 11 is 0. The number of rotatable bonds is 2. The number of hydrogen-bond donors (Lipinski definition) is 2. The van der Waals surface area contributed by atoms with Gasteiger partial charge in [0.2, 0.25) is 0 Å². The number of aliphatic carboxylic acids is 1. The maximum absolute atomic E-state index is 12.0. The van der Waals surface area contributed by atoms with E-state index >= 15 is 0 Å². The van der Waals surface area contributed by atoms with Crippen LogP contribution in [0.15, 0.2) is 0 Å². The first-order chi connectivity index (χ1) is 4.09. The Labute approximate surface area is 51.7 Å². The summed E-state index contributed by atoms with van der Waals surface area (Å²) in [6.45, 7) is 0. The molecule has 0 aromatic heterocycles. The summed E-state index contributed by atoms with van der Waals surface area (Å²) in [5, 5.41) is 8.02. The molecule has 0 aliphatic carbocycles. The molecule has 0 radical (unpaired) electrons. The minimum Gasteiger partial charge on any atom is -0.480 e. The van der Waals surface area contributed by atoms with Gasteiger partial charge in [-0.2, -0.15) is 0 Å². The fraction of sp³-hybridized carbons (Fsp3) is 0.400. The summed E-state index contributed by atoms with van der Waals surface area (Å²) in [5.74, 6) is 0.143. The molecule has 0 amide bonds. The lowest BCUT2D eigenvalue weighted by Gasteiger charge is -2.03. The quantitative estimate of drug-likeness (QED) is 0.490. The Morgan fingerprint density at radius 3 is 2.44 bits per heavy atom. The standard InChI is InChI=1S/C5H6FNO2/c1-2-3(6)4(7)5(8)9/h1,3-4H,7H2,(H,8,9)/t3-,4+/m1/s1. The van der Waals surface area contributed by atoms with Crippen molar-refractivity contribution in [1.29, 1.82) is 0 Å². The molecule has 0 saturated carbocycles. The SMILES string of the molecule is C#C[C@@H](F)[C@H](N)C(=O)O. The Morgan fingerprint density at radius 1 is 1.89 bits per heavy atom. The molecule has 50 valence electrons. The lowest BCUT2D eigenvalue weighted by molar-refractivity contribution is -0.139. The Morgan fingerprint density at radius 2 is 2.33 bits per heavy atom. The number of carboxylic acid groups (broad SMARTS) is 1. The highest BCUT2D eigenvalue weighted by Crippen LogP contribution is 1.93.